The fourth-order valence-corrected chi connectivity index (χ4v) is 2.40. The van der Waals surface area contributed by atoms with Crippen LogP contribution in [-0.2, 0) is 0 Å². The maximum absolute atomic E-state index is 13.9. The third-order valence-electron chi connectivity index (χ3n) is 2.76. The van der Waals surface area contributed by atoms with Crippen molar-refractivity contribution in [2.45, 2.75) is 13.0 Å². The summed E-state index contributed by atoms with van der Waals surface area (Å²) in [4.78, 5) is 4.25. The molecule has 2 nitrogen and oxygen atoms in total. The van der Waals surface area contributed by atoms with Gasteiger partial charge in [0.15, 0.2) is 11.6 Å². The van der Waals surface area contributed by atoms with Crippen molar-refractivity contribution in [1.29, 1.82) is 0 Å². The van der Waals surface area contributed by atoms with Crippen LogP contribution in [0.2, 0.25) is 0 Å². The summed E-state index contributed by atoms with van der Waals surface area (Å²) < 4.78 is 28.0. The van der Waals surface area contributed by atoms with Crippen molar-refractivity contribution in [2.24, 2.45) is 0 Å². The van der Waals surface area contributed by atoms with Crippen LogP contribution in [0.3, 0.4) is 0 Å². The lowest BCUT2D eigenvalue weighted by Crippen LogP contribution is -2.24. The Morgan fingerprint density at radius 3 is 2.74 bits per heavy atom. The molecule has 0 aliphatic rings. The number of benzene rings is 1. The smallest absolute Gasteiger partial charge is 0.163 e. The molecule has 0 saturated heterocycles. The molecule has 0 aliphatic heterocycles. The van der Waals surface area contributed by atoms with Crippen LogP contribution in [0.25, 0.3) is 0 Å². The third kappa shape index (κ3) is 2.98. The van der Waals surface area contributed by atoms with Gasteiger partial charge in [-0.05, 0) is 40.7 Å². The lowest BCUT2D eigenvalue weighted by atomic mass is 10.0. The van der Waals surface area contributed by atoms with Crippen molar-refractivity contribution < 1.29 is 8.78 Å². The van der Waals surface area contributed by atoms with E-state index >= 15 is 0 Å². The Labute approximate surface area is 119 Å². The van der Waals surface area contributed by atoms with E-state index in [0.717, 1.165) is 10.5 Å². The maximum Gasteiger partial charge on any atom is 0.163 e. The summed E-state index contributed by atoms with van der Waals surface area (Å²) in [6, 6.07) is 7.27. The SMILES string of the molecule is CCNC(c1cccc(F)c1F)c1ncccc1Br. The van der Waals surface area contributed by atoms with Crippen LogP contribution in [0.5, 0.6) is 0 Å². The van der Waals surface area contributed by atoms with Gasteiger partial charge in [0.2, 0.25) is 0 Å². The van der Waals surface area contributed by atoms with Crippen molar-refractivity contribution in [3.63, 3.8) is 0 Å². The zero-order valence-electron chi connectivity index (χ0n) is 10.3. The van der Waals surface area contributed by atoms with Crippen LogP contribution >= 0.6 is 15.9 Å². The van der Waals surface area contributed by atoms with E-state index in [4.69, 9.17) is 0 Å². The van der Waals surface area contributed by atoms with Gasteiger partial charge < -0.3 is 5.32 Å². The third-order valence-corrected chi connectivity index (χ3v) is 3.43. The highest BCUT2D eigenvalue weighted by Crippen LogP contribution is 2.28. The van der Waals surface area contributed by atoms with Crippen LogP contribution < -0.4 is 5.32 Å². The van der Waals surface area contributed by atoms with E-state index in [2.05, 4.69) is 26.2 Å². The fraction of sp³-hybridized carbons (Fsp3) is 0.214. The van der Waals surface area contributed by atoms with Gasteiger partial charge in [-0.1, -0.05) is 19.1 Å². The second kappa shape index (κ2) is 6.21. The molecule has 1 aromatic heterocycles. The van der Waals surface area contributed by atoms with Gasteiger partial charge >= 0.3 is 0 Å². The van der Waals surface area contributed by atoms with E-state index in [1.165, 1.54) is 6.07 Å². The highest BCUT2D eigenvalue weighted by Gasteiger charge is 2.22. The Bertz CT molecular complexity index is 575. The van der Waals surface area contributed by atoms with Crippen molar-refractivity contribution in [3.05, 3.63) is 63.9 Å². The first-order valence-corrected chi connectivity index (χ1v) is 6.72. The second-order valence-corrected chi connectivity index (χ2v) is 4.86. The number of aromatic nitrogens is 1. The molecule has 2 aromatic rings. The molecule has 0 amide bonds. The zero-order chi connectivity index (χ0) is 13.8. The van der Waals surface area contributed by atoms with Gasteiger partial charge in [-0.15, -0.1) is 0 Å². The van der Waals surface area contributed by atoms with Gasteiger partial charge in [-0.2, -0.15) is 0 Å². The molecular formula is C14H13BrF2N2. The molecule has 0 spiro atoms. The summed E-state index contributed by atoms with van der Waals surface area (Å²) in [5, 5.41) is 3.12. The minimum absolute atomic E-state index is 0.251. The number of nitrogens with one attached hydrogen (secondary N) is 1. The van der Waals surface area contributed by atoms with E-state index in [9.17, 15) is 8.78 Å². The van der Waals surface area contributed by atoms with Crippen LogP contribution in [0.4, 0.5) is 8.78 Å². The number of rotatable bonds is 4. The maximum atomic E-state index is 13.9. The highest BCUT2D eigenvalue weighted by atomic mass is 79.9. The highest BCUT2D eigenvalue weighted by molar-refractivity contribution is 9.10. The molecule has 1 heterocycles. The van der Waals surface area contributed by atoms with E-state index in [0.29, 0.717) is 12.2 Å². The lowest BCUT2D eigenvalue weighted by molar-refractivity contribution is 0.480. The first kappa shape index (κ1) is 14.1. The molecule has 0 fully saturated rings. The van der Waals surface area contributed by atoms with Crippen LogP contribution in [0.1, 0.15) is 24.2 Å². The summed E-state index contributed by atoms with van der Waals surface area (Å²) in [5.74, 6) is -1.70. The molecule has 1 unspecified atom stereocenters. The summed E-state index contributed by atoms with van der Waals surface area (Å²) in [5.41, 5.74) is 0.884. The summed E-state index contributed by atoms with van der Waals surface area (Å²) in [7, 11) is 0. The molecule has 0 radical (unpaired) electrons. The van der Waals surface area contributed by atoms with Gasteiger partial charge in [-0.25, -0.2) is 8.78 Å². The molecule has 0 bridgehead atoms. The fourth-order valence-electron chi connectivity index (χ4n) is 1.91. The van der Waals surface area contributed by atoms with Crippen LogP contribution in [0, 0.1) is 11.6 Å². The van der Waals surface area contributed by atoms with E-state index in [-0.39, 0.29) is 5.56 Å². The summed E-state index contributed by atoms with van der Waals surface area (Å²) in [6.45, 7) is 2.52. The minimum atomic E-state index is -0.854. The second-order valence-electron chi connectivity index (χ2n) is 4.00. The lowest BCUT2D eigenvalue weighted by Gasteiger charge is -2.19. The number of hydrogen-bond donors (Lipinski definition) is 1. The molecule has 0 saturated carbocycles. The molecule has 0 aliphatic carbocycles. The standard InChI is InChI=1S/C14H13BrF2N2/c1-2-18-13(14-10(15)6-4-8-19-14)9-5-3-7-11(16)12(9)17/h3-8,13,18H,2H2,1H3. The van der Waals surface area contributed by atoms with Gasteiger partial charge in [0.25, 0.3) is 0 Å². The molecule has 1 N–H and O–H groups in total. The van der Waals surface area contributed by atoms with E-state index < -0.39 is 17.7 Å². The minimum Gasteiger partial charge on any atom is -0.305 e. The van der Waals surface area contributed by atoms with Crippen LogP contribution in [-0.4, -0.2) is 11.5 Å². The molecule has 5 heteroatoms. The topological polar surface area (TPSA) is 24.9 Å². The monoisotopic (exact) mass is 326 g/mol. The largest absolute Gasteiger partial charge is 0.305 e. The van der Waals surface area contributed by atoms with Crippen molar-refractivity contribution >= 4 is 15.9 Å². The Morgan fingerprint density at radius 1 is 1.26 bits per heavy atom. The number of pyridine rings is 1. The molecule has 100 valence electrons. The number of hydrogen-bond acceptors (Lipinski definition) is 2. The zero-order valence-corrected chi connectivity index (χ0v) is 11.9. The van der Waals surface area contributed by atoms with Crippen molar-refractivity contribution in [1.82, 2.24) is 10.3 Å². The predicted octanol–water partition coefficient (Wildman–Crippen LogP) is 3.82. The van der Waals surface area contributed by atoms with Gasteiger partial charge in [0.05, 0.1) is 11.7 Å². The Morgan fingerprint density at radius 2 is 2.05 bits per heavy atom. The van der Waals surface area contributed by atoms with Gasteiger partial charge in [0.1, 0.15) is 0 Å². The summed E-state index contributed by atoms with van der Waals surface area (Å²) >= 11 is 3.39. The number of halogens is 3. The van der Waals surface area contributed by atoms with Crippen molar-refractivity contribution in [3.8, 4) is 0 Å². The average Bonchev–Trinajstić information content (AvgIpc) is 2.41. The Kier molecular flexibility index (Phi) is 4.61. The predicted molar refractivity (Wildman–Crippen MR) is 73.8 cm³/mol. The summed E-state index contributed by atoms with van der Waals surface area (Å²) in [6.07, 6.45) is 1.63. The molecule has 1 aromatic carbocycles. The quantitative estimate of drug-likeness (QED) is 0.923. The molecule has 19 heavy (non-hydrogen) atoms. The van der Waals surface area contributed by atoms with E-state index in [1.807, 2.05) is 13.0 Å². The molecular weight excluding hydrogens is 314 g/mol. The van der Waals surface area contributed by atoms with Crippen LogP contribution in [0.15, 0.2) is 41.0 Å². The van der Waals surface area contributed by atoms with Crippen molar-refractivity contribution in [2.75, 3.05) is 6.54 Å². The Hall–Kier alpha value is -1.33. The van der Waals surface area contributed by atoms with E-state index in [1.54, 1.807) is 18.3 Å². The average molecular weight is 327 g/mol. The molecule has 2 rings (SSSR count). The first-order valence-electron chi connectivity index (χ1n) is 5.92. The Balaban J connectivity index is 2.52. The normalized spacial score (nSPS) is 12.4. The van der Waals surface area contributed by atoms with Gasteiger partial charge in [-0.3, -0.25) is 4.98 Å². The first-order chi connectivity index (χ1) is 9.15. The van der Waals surface area contributed by atoms with Gasteiger partial charge in [0, 0.05) is 16.2 Å². The molecule has 1 atom stereocenters. The number of nitrogens with zero attached hydrogens (tertiary/aromatic N) is 1.